The topological polar surface area (TPSA) is 61.6 Å². The molecule has 5 nitrogen and oxygen atoms in total. The third kappa shape index (κ3) is 5.83. The van der Waals surface area contributed by atoms with E-state index < -0.39 is 0 Å². The fourth-order valence-corrected chi connectivity index (χ4v) is 3.82. The minimum atomic E-state index is -0.190. The Bertz CT molecular complexity index is 570. The summed E-state index contributed by atoms with van der Waals surface area (Å²) in [4.78, 5) is 17.5. The summed E-state index contributed by atoms with van der Waals surface area (Å²) >= 11 is 0. The summed E-state index contributed by atoms with van der Waals surface area (Å²) in [6, 6.07) is 8.04. The Morgan fingerprint density at radius 3 is 2.42 bits per heavy atom. The van der Waals surface area contributed by atoms with Gasteiger partial charge in [-0.2, -0.15) is 0 Å². The number of amides is 1. The maximum atomic E-state index is 12.7. The van der Waals surface area contributed by atoms with Crippen LogP contribution in [0.4, 0.5) is 0 Å². The first kappa shape index (κ1) is 23.2. The highest BCUT2D eigenvalue weighted by atomic mass is 35.5. The second kappa shape index (κ2) is 10.5. The predicted octanol–water partition coefficient (Wildman–Crippen LogP) is 2.28. The standard InChI is InChI=1S/C19H30N4O.2ClH/c1-22-9-11-23(12-10-22)14-16-5-4-6-17(13-16)18(24)21-19(15-20)7-2-3-8-19;;/h4-6,13H,2-3,7-12,14-15,20H2,1H3,(H,21,24);2*1H. The maximum Gasteiger partial charge on any atom is 0.251 e. The van der Waals surface area contributed by atoms with Gasteiger partial charge in [0.15, 0.2) is 0 Å². The van der Waals surface area contributed by atoms with Crippen molar-refractivity contribution in [1.29, 1.82) is 0 Å². The Morgan fingerprint density at radius 1 is 1.15 bits per heavy atom. The van der Waals surface area contributed by atoms with Crippen LogP contribution < -0.4 is 11.1 Å². The number of piperazine rings is 1. The van der Waals surface area contributed by atoms with Crippen molar-refractivity contribution in [2.45, 2.75) is 37.8 Å². The van der Waals surface area contributed by atoms with Crippen LogP contribution >= 0.6 is 24.8 Å². The van der Waals surface area contributed by atoms with E-state index in [0.717, 1.165) is 64.0 Å². The zero-order valence-electron chi connectivity index (χ0n) is 15.6. The number of rotatable bonds is 5. The summed E-state index contributed by atoms with van der Waals surface area (Å²) in [5.74, 6) is 0.0163. The number of nitrogens with one attached hydrogen (secondary N) is 1. The molecule has 1 heterocycles. The van der Waals surface area contributed by atoms with Crippen LogP contribution in [0.2, 0.25) is 0 Å². The van der Waals surface area contributed by atoms with E-state index in [1.165, 1.54) is 5.56 Å². The highest BCUT2D eigenvalue weighted by molar-refractivity contribution is 5.94. The van der Waals surface area contributed by atoms with Crippen LogP contribution in [0.1, 0.15) is 41.6 Å². The van der Waals surface area contributed by atoms with Gasteiger partial charge in [-0.1, -0.05) is 25.0 Å². The molecule has 0 aromatic heterocycles. The number of hydrogen-bond acceptors (Lipinski definition) is 4. The molecule has 3 rings (SSSR count). The Labute approximate surface area is 169 Å². The number of nitrogens with zero attached hydrogens (tertiary/aromatic N) is 2. The van der Waals surface area contributed by atoms with Crippen LogP contribution in [0, 0.1) is 0 Å². The molecule has 1 aromatic carbocycles. The summed E-state index contributed by atoms with van der Waals surface area (Å²) in [5.41, 5.74) is 7.70. The normalized spacial score (nSPS) is 20.1. The van der Waals surface area contributed by atoms with Gasteiger partial charge >= 0.3 is 0 Å². The van der Waals surface area contributed by atoms with Crippen molar-refractivity contribution in [3.63, 3.8) is 0 Å². The van der Waals surface area contributed by atoms with Crippen molar-refractivity contribution < 1.29 is 4.79 Å². The summed E-state index contributed by atoms with van der Waals surface area (Å²) in [6.07, 6.45) is 4.30. The molecule has 0 spiro atoms. The maximum absolute atomic E-state index is 12.7. The van der Waals surface area contributed by atoms with Crippen molar-refractivity contribution >= 4 is 30.7 Å². The highest BCUT2D eigenvalue weighted by Gasteiger charge is 2.34. The smallest absolute Gasteiger partial charge is 0.251 e. The number of carbonyl (C=O) groups excluding carboxylic acids is 1. The molecule has 1 saturated heterocycles. The van der Waals surface area contributed by atoms with Gasteiger partial charge in [-0.05, 0) is 37.6 Å². The molecule has 0 atom stereocenters. The van der Waals surface area contributed by atoms with Gasteiger partial charge in [0.2, 0.25) is 0 Å². The number of likely N-dealkylation sites (N-methyl/N-ethyl adjacent to an activating group) is 1. The van der Waals surface area contributed by atoms with Crippen molar-refractivity contribution in [1.82, 2.24) is 15.1 Å². The fraction of sp³-hybridized carbons (Fsp3) is 0.632. The monoisotopic (exact) mass is 402 g/mol. The van der Waals surface area contributed by atoms with E-state index in [4.69, 9.17) is 5.73 Å². The third-order valence-electron chi connectivity index (χ3n) is 5.52. The molecule has 0 bridgehead atoms. The molecule has 1 amide bonds. The molecule has 0 radical (unpaired) electrons. The van der Waals surface area contributed by atoms with Gasteiger partial charge in [-0.3, -0.25) is 9.69 Å². The molecular formula is C19H32Cl2N4O. The first-order valence-electron chi connectivity index (χ1n) is 9.13. The van der Waals surface area contributed by atoms with Crippen LogP contribution in [0.15, 0.2) is 24.3 Å². The predicted molar refractivity (Wildman–Crippen MR) is 111 cm³/mol. The lowest BCUT2D eigenvalue weighted by molar-refractivity contribution is 0.0903. The minimum absolute atomic E-state index is 0. The summed E-state index contributed by atoms with van der Waals surface area (Å²) in [6.45, 7) is 5.83. The molecule has 3 N–H and O–H groups in total. The number of hydrogen-bond donors (Lipinski definition) is 2. The molecule has 0 unspecified atom stereocenters. The zero-order chi connectivity index (χ0) is 17.0. The lowest BCUT2D eigenvalue weighted by atomic mass is 9.97. The third-order valence-corrected chi connectivity index (χ3v) is 5.52. The lowest BCUT2D eigenvalue weighted by Gasteiger charge is -2.32. The SMILES string of the molecule is CN1CCN(Cc2cccc(C(=O)NC3(CN)CCCC3)c2)CC1.Cl.Cl. The van der Waals surface area contributed by atoms with Gasteiger partial charge in [0.1, 0.15) is 0 Å². The lowest BCUT2D eigenvalue weighted by Crippen LogP contribution is -2.51. The van der Waals surface area contributed by atoms with Crippen LogP contribution in [-0.4, -0.2) is 61.0 Å². The van der Waals surface area contributed by atoms with Crippen LogP contribution in [0.3, 0.4) is 0 Å². The molecule has 2 aliphatic rings. The second-order valence-electron chi connectivity index (χ2n) is 7.43. The number of nitrogens with two attached hydrogens (primary N) is 1. The molecule has 148 valence electrons. The average Bonchev–Trinajstić information content (AvgIpc) is 3.06. The molecule has 1 aromatic rings. The van der Waals surface area contributed by atoms with Crippen molar-refractivity contribution in [2.24, 2.45) is 5.73 Å². The van der Waals surface area contributed by atoms with Crippen LogP contribution in [-0.2, 0) is 6.54 Å². The van der Waals surface area contributed by atoms with Gasteiger partial charge in [-0.15, -0.1) is 24.8 Å². The molecular weight excluding hydrogens is 371 g/mol. The van der Waals surface area contributed by atoms with E-state index in [-0.39, 0.29) is 36.3 Å². The average molecular weight is 403 g/mol. The summed E-state index contributed by atoms with van der Waals surface area (Å²) < 4.78 is 0. The zero-order valence-corrected chi connectivity index (χ0v) is 17.2. The van der Waals surface area contributed by atoms with Gasteiger partial charge in [0.05, 0.1) is 5.54 Å². The van der Waals surface area contributed by atoms with E-state index in [9.17, 15) is 4.79 Å². The molecule has 2 fully saturated rings. The molecule has 26 heavy (non-hydrogen) atoms. The van der Waals surface area contributed by atoms with Crippen molar-refractivity contribution in [2.75, 3.05) is 39.8 Å². The van der Waals surface area contributed by atoms with Crippen LogP contribution in [0.25, 0.3) is 0 Å². The van der Waals surface area contributed by atoms with Crippen molar-refractivity contribution in [3.8, 4) is 0 Å². The number of halogens is 2. The largest absolute Gasteiger partial charge is 0.345 e. The highest BCUT2D eigenvalue weighted by Crippen LogP contribution is 2.29. The van der Waals surface area contributed by atoms with Gasteiger partial charge < -0.3 is 16.0 Å². The Hall–Kier alpha value is -0.850. The van der Waals surface area contributed by atoms with Crippen molar-refractivity contribution in [3.05, 3.63) is 35.4 Å². The summed E-state index contributed by atoms with van der Waals surface area (Å²) in [7, 11) is 2.17. The van der Waals surface area contributed by atoms with Gasteiger partial charge in [0, 0.05) is 44.8 Å². The van der Waals surface area contributed by atoms with Crippen LogP contribution in [0.5, 0.6) is 0 Å². The molecule has 1 aliphatic heterocycles. The van der Waals surface area contributed by atoms with Gasteiger partial charge in [-0.25, -0.2) is 0 Å². The first-order valence-corrected chi connectivity index (χ1v) is 9.13. The van der Waals surface area contributed by atoms with E-state index in [1.807, 2.05) is 18.2 Å². The summed E-state index contributed by atoms with van der Waals surface area (Å²) in [5, 5.41) is 3.21. The Balaban J connectivity index is 0.00000169. The molecule has 7 heteroatoms. The Morgan fingerprint density at radius 2 is 1.81 bits per heavy atom. The van der Waals surface area contributed by atoms with E-state index in [2.05, 4.69) is 28.2 Å². The van der Waals surface area contributed by atoms with E-state index >= 15 is 0 Å². The number of benzene rings is 1. The fourth-order valence-electron chi connectivity index (χ4n) is 3.82. The molecule has 1 aliphatic carbocycles. The molecule has 1 saturated carbocycles. The van der Waals surface area contributed by atoms with E-state index in [1.54, 1.807) is 0 Å². The quantitative estimate of drug-likeness (QED) is 0.792. The second-order valence-corrected chi connectivity index (χ2v) is 7.43. The van der Waals surface area contributed by atoms with Gasteiger partial charge in [0.25, 0.3) is 5.91 Å². The van der Waals surface area contributed by atoms with E-state index in [0.29, 0.717) is 6.54 Å². The first-order chi connectivity index (χ1) is 11.6. The minimum Gasteiger partial charge on any atom is -0.345 e. The Kier molecular flexibility index (Phi) is 9.34. The number of carbonyl (C=O) groups is 1.